The fourth-order valence-corrected chi connectivity index (χ4v) is 5.23. The van der Waals surface area contributed by atoms with E-state index >= 15 is 0 Å². The highest BCUT2D eigenvalue weighted by Gasteiger charge is 2.53. The van der Waals surface area contributed by atoms with Crippen molar-refractivity contribution in [1.82, 2.24) is 4.90 Å². The van der Waals surface area contributed by atoms with Crippen molar-refractivity contribution >= 4 is 23.5 Å². The van der Waals surface area contributed by atoms with Crippen molar-refractivity contribution in [2.24, 2.45) is 23.7 Å². The maximum atomic E-state index is 12.7. The highest BCUT2D eigenvalue weighted by molar-refractivity contribution is 5.97. The quantitative estimate of drug-likeness (QED) is 0.853. The lowest BCUT2D eigenvalue weighted by molar-refractivity contribution is -0.148. The van der Waals surface area contributed by atoms with Crippen molar-refractivity contribution in [3.8, 4) is 0 Å². The molecule has 1 heterocycles. The smallest absolute Gasteiger partial charge is 0.307 e. The maximum absolute atomic E-state index is 12.7. The molecule has 0 spiro atoms. The van der Waals surface area contributed by atoms with E-state index in [0.29, 0.717) is 11.3 Å². The van der Waals surface area contributed by atoms with Gasteiger partial charge in [0.25, 0.3) is 5.91 Å². The number of nitrogens with one attached hydrogen (secondary N) is 1. The van der Waals surface area contributed by atoms with Crippen LogP contribution in [0.25, 0.3) is 0 Å². The van der Waals surface area contributed by atoms with Gasteiger partial charge in [-0.2, -0.15) is 0 Å². The largest absolute Gasteiger partial charge is 0.481 e. The molecule has 4 atom stereocenters. The van der Waals surface area contributed by atoms with Crippen LogP contribution in [0.5, 0.6) is 0 Å². The van der Waals surface area contributed by atoms with Gasteiger partial charge in [0.1, 0.15) is 0 Å². The molecule has 3 aliphatic rings. The first-order chi connectivity index (χ1) is 13.0. The first-order valence-corrected chi connectivity index (χ1v) is 9.97. The van der Waals surface area contributed by atoms with Crippen LogP contribution < -0.4 is 5.32 Å². The number of carbonyl (C=O) groups is 3. The molecule has 0 radical (unpaired) electrons. The fourth-order valence-electron chi connectivity index (χ4n) is 5.23. The summed E-state index contributed by atoms with van der Waals surface area (Å²) < 4.78 is 0. The van der Waals surface area contributed by atoms with E-state index in [9.17, 15) is 19.5 Å². The van der Waals surface area contributed by atoms with Crippen molar-refractivity contribution in [2.45, 2.75) is 38.5 Å². The third-order valence-electron chi connectivity index (χ3n) is 6.55. The zero-order valence-corrected chi connectivity index (χ0v) is 15.4. The molecule has 6 heteroatoms. The third-order valence-corrected chi connectivity index (χ3v) is 6.55. The Kier molecular flexibility index (Phi) is 4.89. The molecule has 2 bridgehead atoms. The molecule has 0 unspecified atom stereocenters. The second kappa shape index (κ2) is 7.33. The van der Waals surface area contributed by atoms with E-state index in [1.54, 1.807) is 24.3 Å². The van der Waals surface area contributed by atoms with Gasteiger partial charge in [-0.1, -0.05) is 0 Å². The number of carboxylic acid groups (broad SMARTS) is 1. The van der Waals surface area contributed by atoms with E-state index in [-0.39, 0.29) is 23.7 Å². The summed E-state index contributed by atoms with van der Waals surface area (Å²) in [6.07, 6.45) is 5.98. The Balaban J connectivity index is 1.41. The van der Waals surface area contributed by atoms with Crippen molar-refractivity contribution in [3.63, 3.8) is 0 Å². The van der Waals surface area contributed by atoms with E-state index in [2.05, 4.69) is 5.32 Å². The molecule has 1 aliphatic heterocycles. The Morgan fingerprint density at radius 2 is 1.56 bits per heavy atom. The second-order valence-corrected chi connectivity index (χ2v) is 8.14. The lowest BCUT2D eigenvalue weighted by Crippen LogP contribution is -2.37. The van der Waals surface area contributed by atoms with Gasteiger partial charge in [-0.15, -0.1) is 0 Å². The topological polar surface area (TPSA) is 86.7 Å². The molecule has 2 aliphatic carbocycles. The molecule has 144 valence electrons. The summed E-state index contributed by atoms with van der Waals surface area (Å²) in [5, 5.41) is 12.4. The van der Waals surface area contributed by atoms with Crippen LogP contribution in [0.15, 0.2) is 24.3 Å². The number of nitrogens with zero attached hydrogens (tertiary/aromatic N) is 1. The molecule has 2 amide bonds. The molecule has 4 rings (SSSR count). The number of hydrogen-bond acceptors (Lipinski definition) is 3. The number of carboxylic acids is 1. The predicted molar refractivity (Wildman–Crippen MR) is 100 cm³/mol. The molecule has 3 fully saturated rings. The van der Waals surface area contributed by atoms with E-state index < -0.39 is 17.8 Å². The molecule has 2 N–H and O–H groups in total. The van der Waals surface area contributed by atoms with Crippen LogP contribution in [0, 0.1) is 23.7 Å². The molecule has 2 saturated carbocycles. The first kappa shape index (κ1) is 18.0. The number of anilines is 1. The number of likely N-dealkylation sites (tertiary alicyclic amines) is 1. The summed E-state index contributed by atoms with van der Waals surface area (Å²) in [6, 6.07) is 6.94. The Morgan fingerprint density at radius 1 is 0.926 bits per heavy atom. The molecule has 0 aromatic heterocycles. The molecular formula is C21H26N2O4. The van der Waals surface area contributed by atoms with E-state index in [1.807, 2.05) is 4.90 Å². The average Bonchev–Trinajstić information content (AvgIpc) is 3.30. The van der Waals surface area contributed by atoms with Gasteiger partial charge in [-0.3, -0.25) is 14.4 Å². The van der Waals surface area contributed by atoms with Gasteiger partial charge >= 0.3 is 5.97 Å². The Labute approximate surface area is 158 Å². The summed E-state index contributed by atoms with van der Waals surface area (Å²) in [4.78, 5) is 38.7. The summed E-state index contributed by atoms with van der Waals surface area (Å²) in [7, 11) is 0. The number of fused-ring (bicyclic) bond motifs is 2. The second-order valence-electron chi connectivity index (χ2n) is 8.14. The van der Waals surface area contributed by atoms with Crippen molar-refractivity contribution < 1.29 is 19.5 Å². The predicted octanol–water partition coefficient (Wildman–Crippen LogP) is 3.00. The van der Waals surface area contributed by atoms with E-state index in [4.69, 9.17) is 0 Å². The van der Waals surface area contributed by atoms with Crippen molar-refractivity contribution in [2.75, 3.05) is 18.4 Å². The van der Waals surface area contributed by atoms with E-state index in [0.717, 1.165) is 45.2 Å². The lowest BCUT2D eigenvalue weighted by Gasteiger charge is -2.27. The van der Waals surface area contributed by atoms with Crippen LogP contribution >= 0.6 is 0 Å². The Bertz CT molecular complexity index is 739. The minimum atomic E-state index is -0.857. The average molecular weight is 370 g/mol. The normalized spacial score (nSPS) is 29.6. The Morgan fingerprint density at radius 3 is 2.19 bits per heavy atom. The summed E-state index contributed by atoms with van der Waals surface area (Å²) in [5.41, 5.74) is 1.24. The molecule has 6 nitrogen and oxygen atoms in total. The number of carbonyl (C=O) groups excluding carboxylic acids is 2. The van der Waals surface area contributed by atoms with Gasteiger partial charge in [0.05, 0.1) is 11.8 Å². The Hall–Kier alpha value is -2.37. The summed E-state index contributed by atoms with van der Waals surface area (Å²) in [5.74, 6) is -1.73. The lowest BCUT2D eigenvalue weighted by atomic mass is 9.78. The first-order valence-electron chi connectivity index (χ1n) is 9.97. The maximum Gasteiger partial charge on any atom is 0.307 e. The van der Waals surface area contributed by atoms with Gasteiger partial charge in [-0.05, 0) is 74.6 Å². The highest BCUT2D eigenvalue weighted by Crippen LogP contribution is 2.52. The van der Waals surface area contributed by atoms with Crippen molar-refractivity contribution in [3.05, 3.63) is 29.8 Å². The number of aliphatic carboxylic acids is 1. The number of benzene rings is 1. The van der Waals surface area contributed by atoms with Gasteiger partial charge in [0, 0.05) is 24.3 Å². The van der Waals surface area contributed by atoms with Crippen molar-refractivity contribution in [1.29, 1.82) is 0 Å². The van der Waals surface area contributed by atoms with Crippen LogP contribution in [0.4, 0.5) is 5.69 Å². The molecule has 1 saturated heterocycles. The minimum absolute atomic E-state index is 0.0339. The standard InChI is InChI=1S/C21H26N2O4/c24-19(17-14-4-5-15(12-14)18(17)21(26)27)22-16-8-6-13(7-9-16)20(25)23-10-2-1-3-11-23/h6-9,14-15,17-18H,1-5,10-12H2,(H,22,24)(H,26,27)/t14-,15+,17-,18-/m0/s1. The number of piperidine rings is 1. The molecular weight excluding hydrogens is 344 g/mol. The van der Waals surface area contributed by atoms with Gasteiger partial charge in [-0.25, -0.2) is 0 Å². The highest BCUT2D eigenvalue weighted by atomic mass is 16.4. The molecule has 1 aromatic carbocycles. The van der Waals surface area contributed by atoms with Gasteiger partial charge in [0.15, 0.2) is 0 Å². The van der Waals surface area contributed by atoms with Crippen LogP contribution in [-0.4, -0.2) is 40.9 Å². The third kappa shape index (κ3) is 3.45. The SMILES string of the molecule is O=C(O)[C@H]1[C@@H]2CC[C@@H](C2)[C@@H]1C(=O)Nc1ccc(C(=O)N2CCCCC2)cc1. The number of rotatable bonds is 4. The van der Waals surface area contributed by atoms with Gasteiger partial charge < -0.3 is 15.3 Å². The van der Waals surface area contributed by atoms with Crippen LogP contribution in [-0.2, 0) is 9.59 Å². The monoisotopic (exact) mass is 370 g/mol. The van der Waals surface area contributed by atoms with Crippen LogP contribution in [0.2, 0.25) is 0 Å². The summed E-state index contributed by atoms with van der Waals surface area (Å²) >= 11 is 0. The molecule has 27 heavy (non-hydrogen) atoms. The van der Waals surface area contributed by atoms with E-state index in [1.165, 1.54) is 6.42 Å². The fraction of sp³-hybridized carbons (Fsp3) is 0.571. The van der Waals surface area contributed by atoms with Crippen LogP contribution in [0.1, 0.15) is 48.9 Å². The number of hydrogen-bond donors (Lipinski definition) is 2. The zero-order chi connectivity index (χ0) is 19.0. The summed E-state index contributed by atoms with van der Waals surface area (Å²) in [6.45, 7) is 1.61. The number of amides is 2. The van der Waals surface area contributed by atoms with Crippen LogP contribution in [0.3, 0.4) is 0 Å². The zero-order valence-electron chi connectivity index (χ0n) is 15.4. The molecule has 1 aromatic rings. The van der Waals surface area contributed by atoms with Gasteiger partial charge in [0.2, 0.25) is 5.91 Å². The minimum Gasteiger partial charge on any atom is -0.481 e.